The molecule has 1 saturated carbocycles. The lowest BCUT2D eigenvalue weighted by atomic mass is 10.0. The number of hydrogen-bond donors (Lipinski definition) is 1. The highest BCUT2D eigenvalue weighted by molar-refractivity contribution is 6.33. The minimum Gasteiger partial charge on any atom is -0.478 e. The summed E-state index contributed by atoms with van der Waals surface area (Å²) in [4.78, 5) is 11.5. The molecule has 0 spiro atoms. The fraction of sp³-hybridized carbons (Fsp3) is 0.385. The Morgan fingerprint density at radius 1 is 1.40 bits per heavy atom. The highest BCUT2D eigenvalue weighted by atomic mass is 35.5. The largest absolute Gasteiger partial charge is 0.478 e. The number of carboxylic acids is 1. The second-order valence-electron chi connectivity index (χ2n) is 4.83. The van der Waals surface area contributed by atoms with Gasteiger partial charge in [-0.05, 0) is 25.0 Å². The third-order valence-electron chi connectivity index (χ3n) is 3.59. The highest BCUT2D eigenvalue weighted by Crippen LogP contribution is 2.37. The maximum Gasteiger partial charge on any atom is 0.340 e. The van der Waals surface area contributed by atoms with E-state index in [0.29, 0.717) is 11.5 Å². The van der Waals surface area contributed by atoms with E-state index >= 15 is 0 Å². The molecule has 3 rings (SSSR count). The van der Waals surface area contributed by atoms with Gasteiger partial charge < -0.3 is 5.11 Å². The summed E-state index contributed by atoms with van der Waals surface area (Å²) in [5.41, 5.74) is 0.648. The molecule has 1 aliphatic carbocycles. The zero-order valence-corrected chi connectivity index (χ0v) is 11.4. The Labute approximate surface area is 120 Å². The van der Waals surface area contributed by atoms with Gasteiger partial charge in [0, 0.05) is 12.1 Å². The number of aromatic carboxylic acids is 1. The summed E-state index contributed by atoms with van der Waals surface area (Å²) in [5, 5.41) is 21.6. The van der Waals surface area contributed by atoms with Gasteiger partial charge in [0.15, 0.2) is 5.82 Å². The van der Waals surface area contributed by atoms with Crippen LogP contribution in [0.1, 0.15) is 47.7 Å². The van der Waals surface area contributed by atoms with Crippen LogP contribution in [0.25, 0.3) is 5.82 Å². The van der Waals surface area contributed by atoms with Gasteiger partial charge >= 0.3 is 5.97 Å². The van der Waals surface area contributed by atoms with E-state index in [4.69, 9.17) is 11.6 Å². The summed E-state index contributed by atoms with van der Waals surface area (Å²) < 4.78 is 1.35. The van der Waals surface area contributed by atoms with E-state index in [2.05, 4.69) is 15.3 Å². The fourth-order valence-corrected chi connectivity index (χ4v) is 2.96. The van der Waals surface area contributed by atoms with Crippen molar-refractivity contribution >= 4 is 17.6 Å². The molecule has 1 aliphatic rings. The number of carboxylic acid groups (broad SMARTS) is 1. The van der Waals surface area contributed by atoms with Gasteiger partial charge in [-0.15, -0.1) is 5.10 Å². The first-order valence-electron chi connectivity index (χ1n) is 6.48. The van der Waals surface area contributed by atoms with Crippen LogP contribution in [0.15, 0.2) is 18.3 Å². The van der Waals surface area contributed by atoms with Gasteiger partial charge in [0.1, 0.15) is 10.7 Å². The molecule has 1 fully saturated rings. The smallest absolute Gasteiger partial charge is 0.340 e. The van der Waals surface area contributed by atoms with Crippen LogP contribution in [0.3, 0.4) is 0 Å². The molecule has 0 aliphatic heterocycles. The molecular formula is C13H13ClN4O2. The third kappa shape index (κ3) is 2.16. The SMILES string of the molecule is O=C(O)c1c(C2CCCC2)nn(-c2cccnn2)c1Cl. The Kier molecular flexibility index (Phi) is 3.40. The molecule has 6 nitrogen and oxygen atoms in total. The first kappa shape index (κ1) is 13.1. The van der Waals surface area contributed by atoms with Crippen molar-refractivity contribution < 1.29 is 9.90 Å². The molecule has 20 heavy (non-hydrogen) atoms. The average Bonchev–Trinajstić information content (AvgIpc) is 3.06. The van der Waals surface area contributed by atoms with Gasteiger partial charge in [-0.25, -0.2) is 9.48 Å². The maximum atomic E-state index is 11.5. The van der Waals surface area contributed by atoms with E-state index in [1.807, 2.05) is 0 Å². The van der Waals surface area contributed by atoms with Crippen LogP contribution in [-0.2, 0) is 0 Å². The van der Waals surface area contributed by atoms with Crippen LogP contribution in [0, 0.1) is 0 Å². The van der Waals surface area contributed by atoms with Crippen LogP contribution in [0.4, 0.5) is 0 Å². The normalized spacial score (nSPS) is 15.7. The van der Waals surface area contributed by atoms with Crippen molar-refractivity contribution in [3.63, 3.8) is 0 Å². The Hall–Kier alpha value is -1.95. The number of rotatable bonds is 3. The molecule has 7 heteroatoms. The van der Waals surface area contributed by atoms with Crippen LogP contribution in [0.2, 0.25) is 5.15 Å². The molecule has 1 N–H and O–H groups in total. The summed E-state index contributed by atoms with van der Waals surface area (Å²) in [6.45, 7) is 0. The molecule has 0 amide bonds. The topological polar surface area (TPSA) is 80.9 Å². The minimum absolute atomic E-state index is 0.0832. The predicted molar refractivity (Wildman–Crippen MR) is 72.3 cm³/mol. The van der Waals surface area contributed by atoms with Crippen molar-refractivity contribution in [2.45, 2.75) is 31.6 Å². The Morgan fingerprint density at radius 3 is 2.75 bits per heavy atom. The van der Waals surface area contributed by atoms with Crippen LogP contribution < -0.4 is 0 Å². The molecule has 104 valence electrons. The van der Waals surface area contributed by atoms with E-state index < -0.39 is 5.97 Å². The molecule has 0 radical (unpaired) electrons. The lowest BCUT2D eigenvalue weighted by Gasteiger charge is -2.05. The lowest BCUT2D eigenvalue weighted by molar-refractivity contribution is 0.0695. The Bertz CT molecular complexity index is 635. The molecule has 2 aromatic rings. The van der Waals surface area contributed by atoms with Gasteiger partial charge in [-0.3, -0.25) is 0 Å². The van der Waals surface area contributed by atoms with Crippen molar-refractivity contribution in [2.24, 2.45) is 0 Å². The number of carbonyl (C=O) groups is 1. The van der Waals surface area contributed by atoms with Crippen molar-refractivity contribution in [3.8, 4) is 5.82 Å². The van der Waals surface area contributed by atoms with Crippen LogP contribution >= 0.6 is 11.6 Å². The quantitative estimate of drug-likeness (QED) is 0.940. The number of aromatic nitrogens is 4. The maximum absolute atomic E-state index is 11.5. The highest BCUT2D eigenvalue weighted by Gasteiger charge is 2.30. The van der Waals surface area contributed by atoms with Crippen molar-refractivity contribution in [1.29, 1.82) is 0 Å². The third-order valence-corrected chi connectivity index (χ3v) is 3.94. The van der Waals surface area contributed by atoms with Gasteiger partial charge in [0.05, 0.1) is 5.69 Å². The van der Waals surface area contributed by atoms with E-state index in [1.54, 1.807) is 12.1 Å². The monoisotopic (exact) mass is 292 g/mol. The summed E-state index contributed by atoms with van der Waals surface area (Å²) in [6, 6.07) is 3.39. The van der Waals surface area contributed by atoms with E-state index in [-0.39, 0.29) is 16.6 Å². The minimum atomic E-state index is -1.05. The molecule has 0 bridgehead atoms. The second kappa shape index (κ2) is 5.20. The standard InChI is InChI=1S/C13H13ClN4O2/c14-12-10(13(19)20)11(8-4-1-2-5-8)17-18(12)9-6-3-7-15-16-9/h3,6-8H,1-2,4-5H2,(H,19,20). The summed E-state index contributed by atoms with van der Waals surface area (Å²) in [6.07, 6.45) is 5.64. The average molecular weight is 293 g/mol. The number of halogens is 1. The van der Waals surface area contributed by atoms with Gasteiger partial charge in [-0.1, -0.05) is 24.4 Å². The Morgan fingerprint density at radius 2 is 2.15 bits per heavy atom. The number of hydrogen-bond acceptors (Lipinski definition) is 4. The molecule has 0 atom stereocenters. The molecule has 0 aromatic carbocycles. The van der Waals surface area contributed by atoms with Crippen molar-refractivity contribution in [3.05, 3.63) is 34.7 Å². The molecule has 0 unspecified atom stereocenters. The molecule has 2 heterocycles. The van der Waals surface area contributed by atoms with Crippen molar-refractivity contribution in [2.75, 3.05) is 0 Å². The molecular weight excluding hydrogens is 280 g/mol. The summed E-state index contributed by atoms with van der Waals surface area (Å²) in [7, 11) is 0. The van der Waals surface area contributed by atoms with E-state index in [1.165, 1.54) is 10.9 Å². The van der Waals surface area contributed by atoms with Crippen LogP contribution in [-0.4, -0.2) is 31.1 Å². The first-order chi connectivity index (χ1) is 9.68. The lowest BCUT2D eigenvalue weighted by Crippen LogP contribution is -2.04. The second-order valence-corrected chi connectivity index (χ2v) is 5.19. The first-order valence-corrected chi connectivity index (χ1v) is 6.86. The fourth-order valence-electron chi connectivity index (χ4n) is 2.65. The van der Waals surface area contributed by atoms with Gasteiger partial charge in [0.25, 0.3) is 0 Å². The Balaban J connectivity index is 2.13. The summed E-state index contributed by atoms with van der Waals surface area (Å²) in [5.74, 6) is -0.465. The molecule has 2 aromatic heterocycles. The van der Waals surface area contributed by atoms with Crippen LogP contribution in [0.5, 0.6) is 0 Å². The zero-order valence-electron chi connectivity index (χ0n) is 10.7. The van der Waals surface area contributed by atoms with E-state index in [0.717, 1.165) is 25.7 Å². The number of nitrogens with zero attached hydrogens (tertiary/aromatic N) is 4. The van der Waals surface area contributed by atoms with Gasteiger partial charge in [0.2, 0.25) is 0 Å². The summed E-state index contributed by atoms with van der Waals surface area (Å²) >= 11 is 6.19. The van der Waals surface area contributed by atoms with Gasteiger partial charge in [-0.2, -0.15) is 10.2 Å². The zero-order chi connectivity index (χ0) is 14.1. The predicted octanol–water partition coefficient (Wildman–Crippen LogP) is 2.67. The molecule has 0 saturated heterocycles. The van der Waals surface area contributed by atoms with Crippen molar-refractivity contribution in [1.82, 2.24) is 20.0 Å². The van der Waals surface area contributed by atoms with E-state index in [9.17, 15) is 9.90 Å².